The van der Waals surface area contributed by atoms with E-state index in [1.165, 1.54) is 24.8 Å². The molecule has 1 amide bonds. The minimum Gasteiger partial charge on any atom is -0.465 e. The molecule has 144 valence electrons. The Morgan fingerprint density at radius 1 is 1.19 bits per heavy atom. The molecule has 0 heterocycles. The number of alkyl carbamates (subject to hydrolysis) is 1. The zero-order valence-electron chi connectivity index (χ0n) is 16.2. The smallest absolute Gasteiger partial charge is 0.407 e. The maximum absolute atomic E-state index is 11.5. The average Bonchev–Trinajstić information content (AvgIpc) is 2.59. The summed E-state index contributed by atoms with van der Waals surface area (Å²) in [7, 11) is 0. The Kier molecular flexibility index (Phi) is 7.98. The van der Waals surface area contributed by atoms with E-state index in [-0.39, 0.29) is 0 Å². The molecule has 5 nitrogen and oxygen atoms in total. The lowest BCUT2D eigenvalue weighted by Gasteiger charge is -2.19. The number of carbonyl (C=O) groups is 1. The molecule has 0 bridgehead atoms. The van der Waals surface area contributed by atoms with Crippen LogP contribution in [0, 0.1) is 0 Å². The number of benzene rings is 1. The van der Waals surface area contributed by atoms with Gasteiger partial charge in [0.15, 0.2) is 0 Å². The lowest BCUT2D eigenvalue weighted by Crippen LogP contribution is -2.34. The van der Waals surface area contributed by atoms with E-state index < -0.39 is 11.7 Å². The van der Waals surface area contributed by atoms with Crippen molar-refractivity contribution < 1.29 is 19.0 Å². The Bertz CT molecular complexity index is 596. The summed E-state index contributed by atoms with van der Waals surface area (Å²) in [4.78, 5) is 11.5. The highest BCUT2D eigenvalue weighted by Gasteiger charge is 2.15. The highest BCUT2D eigenvalue weighted by atomic mass is 16.6. The second kappa shape index (κ2) is 10.2. The van der Waals surface area contributed by atoms with Crippen LogP contribution in [0.1, 0.15) is 58.4 Å². The van der Waals surface area contributed by atoms with Crippen molar-refractivity contribution in [2.45, 2.75) is 65.1 Å². The standard InChI is InChI=1S/C21H31NO4/c1-21(2,3)26-20(23)22-12-13-24-15-18-10-7-11-19(14-18)25-16-17-8-5-4-6-9-17/h7,10-11,14,16H,4-6,8-9,12-13,15H2,1-3H3,(H,22,23). The van der Waals surface area contributed by atoms with Gasteiger partial charge in [-0.25, -0.2) is 4.79 Å². The number of allylic oxidation sites excluding steroid dienone is 1. The van der Waals surface area contributed by atoms with Crippen molar-refractivity contribution in [3.63, 3.8) is 0 Å². The number of amides is 1. The maximum Gasteiger partial charge on any atom is 0.407 e. The first-order chi connectivity index (χ1) is 12.4. The average molecular weight is 361 g/mol. The summed E-state index contributed by atoms with van der Waals surface area (Å²) < 4.78 is 16.6. The van der Waals surface area contributed by atoms with Crippen LogP contribution in [0.25, 0.3) is 0 Å². The molecule has 1 N–H and O–H groups in total. The predicted molar refractivity (Wildman–Crippen MR) is 102 cm³/mol. The monoisotopic (exact) mass is 361 g/mol. The number of rotatable bonds is 7. The largest absolute Gasteiger partial charge is 0.465 e. The fourth-order valence-corrected chi connectivity index (χ4v) is 2.71. The van der Waals surface area contributed by atoms with Gasteiger partial charge in [0, 0.05) is 6.54 Å². The number of nitrogens with one attached hydrogen (secondary N) is 1. The van der Waals surface area contributed by atoms with E-state index in [1.807, 2.05) is 51.3 Å². The van der Waals surface area contributed by atoms with Crippen molar-refractivity contribution in [1.29, 1.82) is 0 Å². The van der Waals surface area contributed by atoms with Crippen LogP contribution in [0.4, 0.5) is 4.79 Å². The number of ether oxygens (including phenoxy) is 3. The summed E-state index contributed by atoms with van der Waals surface area (Å²) in [6.07, 6.45) is 7.63. The Hall–Kier alpha value is -2.01. The SMILES string of the molecule is CC(C)(C)OC(=O)NCCOCc1cccc(OC=C2CCCCC2)c1. The van der Waals surface area contributed by atoms with E-state index in [0.717, 1.165) is 24.2 Å². The van der Waals surface area contributed by atoms with Crippen molar-refractivity contribution in [2.75, 3.05) is 13.2 Å². The molecule has 0 saturated heterocycles. The van der Waals surface area contributed by atoms with Crippen LogP contribution < -0.4 is 10.1 Å². The lowest BCUT2D eigenvalue weighted by atomic mass is 9.96. The molecule has 1 aliphatic rings. The molecular weight excluding hydrogens is 330 g/mol. The van der Waals surface area contributed by atoms with E-state index >= 15 is 0 Å². The summed E-state index contributed by atoms with van der Waals surface area (Å²) >= 11 is 0. The van der Waals surface area contributed by atoms with Crippen LogP contribution >= 0.6 is 0 Å². The summed E-state index contributed by atoms with van der Waals surface area (Å²) in [6.45, 7) is 6.82. The minimum absolute atomic E-state index is 0.414. The zero-order valence-corrected chi connectivity index (χ0v) is 16.2. The molecule has 0 aliphatic heterocycles. The second-order valence-corrected chi connectivity index (χ2v) is 7.58. The van der Waals surface area contributed by atoms with Crippen molar-refractivity contribution in [3.05, 3.63) is 41.7 Å². The number of carbonyl (C=O) groups excluding carboxylic acids is 1. The van der Waals surface area contributed by atoms with Crippen LogP contribution in [0.5, 0.6) is 5.75 Å². The predicted octanol–water partition coefficient (Wildman–Crippen LogP) is 4.95. The van der Waals surface area contributed by atoms with Gasteiger partial charge >= 0.3 is 6.09 Å². The normalized spacial score (nSPS) is 14.7. The van der Waals surface area contributed by atoms with Crippen molar-refractivity contribution >= 4 is 6.09 Å². The lowest BCUT2D eigenvalue weighted by molar-refractivity contribution is 0.0494. The summed E-state index contributed by atoms with van der Waals surface area (Å²) in [6, 6.07) is 7.91. The van der Waals surface area contributed by atoms with Crippen LogP contribution in [0.3, 0.4) is 0 Å². The molecule has 1 aromatic rings. The number of hydrogen-bond acceptors (Lipinski definition) is 4. The Labute approximate surface area is 156 Å². The fourth-order valence-electron chi connectivity index (χ4n) is 2.71. The molecule has 1 aromatic carbocycles. The van der Waals surface area contributed by atoms with Gasteiger partial charge in [-0.1, -0.05) is 18.6 Å². The third kappa shape index (κ3) is 8.39. The summed E-state index contributed by atoms with van der Waals surface area (Å²) in [5.41, 5.74) is 1.95. The van der Waals surface area contributed by atoms with Crippen molar-refractivity contribution in [3.8, 4) is 5.75 Å². The zero-order chi connectivity index (χ0) is 18.8. The van der Waals surface area contributed by atoms with Gasteiger partial charge in [0.25, 0.3) is 0 Å². The van der Waals surface area contributed by atoms with Gasteiger partial charge in [0.05, 0.1) is 19.5 Å². The van der Waals surface area contributed by atoms with E-state index in [9.17, 15) is 4.79 Å². The third-order valence-electron chi connectivity index (χ3n) is 3.94. The number of hydrogen-bond donors (Lipinski definition) is 1. The van der Waals surface area contributed by atoms with E-state index in [4.69, 9.17) is 14.2 Å². The molecule has 0 aromatic heterocycles. The van der Waals surface area contributed by atoms with Gasteiger partial charge < -0.3 is 19.5 Å². The van der Waals surface area contributed by atoms with Gasteiger partial charge in [0.1, 0.15) is 11.4 Å². The van der Waals surface area contributed by atoms with Crippen LogP contribution in [-0.2, 0) is 16.1 Å². The van der Waals surface area contributed by atoms with Crippen LogP contribution in [0.15, 0.2) is 36.1 Å². The molecular formula is C21H31NO4. The minimum atomic E-state index is -0.488. The molecule has 1 saturated carbocycles. The molecule has 1 aliphatic carbocycles. The van der Waals surface area contributed by atoms with Crippen molar-refractivity contribution in [2.24, 2.45) is 0 Å². The highest BCUT2D eigenvalue weighted by molar-refractivity contribution is 5.67. The summed E-state index contributed by atoms with van der Waals surface area (Å²) in [5.74, 6) is 0.830. The molecule has 0 unspecified atom stereocenters. The maximum atomic E-state index is 11.5. The van der Waals surface area contributed by atoms with Gasteiger partial charge in [-0.15, -0.1) is 0 Å². The van der Waals surface area contributed by atoms with Crippen LogP contribution in [0.2, 0.25) is 0 Å². The molecule has 26 heavy (non-hydrogen) atoms. The van der Waals surface area contributed by atoms with E-state index in [0.29, 0.717) is 19.8 Å². The molecule has 1 fully saturated rings. The fraction of sp³-hybridized carbons (Fsp3) is 0.571. The molecule has 5 heteroatoms. The van der Waals surface area contributed by atoms with Crippen molar-refractivity contribution in [1.82, 2.24) is 5.32 Å². The van der Waals surface area contributed by atoms with Gasteiger partial charge in [-0.05, 0) is 69.7 Å². The van der Waals surface area contributed by atoms with E-state index in [1.54, 1.807) is 0 Å². The molecule has 0 atom stereocenters. The van der Waals surface area contributed by atoms with Crippen LogP contribution in [-0.4, -0.2) is 24.8 Å². The first-order valence-electron chi connectivity index (χ1n) is 9.40. The Morgan fingerprint density at radius 3 is 2.69 bits per heavy atom. The first-order valence-corrected chi connectivity index (χ1v) is 9.40. The van der Waals surface area contributed by atoms with E-state index in [2.05, 4.69) is 5.32 Å². The van der Waals surface area contributed by atoms with Gasteiger partial charge in [-0.2, -0.15) is 0 Å². The quantitative estimate of drug-likeness (QED) is 0.551. The third-order valence-corrected chi connectivity index (χ3v) is 3.94. The topological polar surface area (TPSA) is 56.8 Å². The molecule has 0 radical (unpaired) electrons. The first kappa shape index (κ1) is 20.3. The van der Waals surface area contributed by atoms with Gasteiger partial charge in [-0.3, -0.25) is 0 Å². The summed E-state index contributed by atoms with van der Waals surface area (Å²) in [5, 5.41) is 2.67. The molecule has 2 rings (SSSR count). The highest BCUT2D eigenvalue weighted by Crippen LogP contribution is 2.23. The Morgan fingerprint density at radius 2 is 1.96 bits per heavy atom. The second-order valence-electron chi connectivity index (χ2n) is 7.58. The van der Waals surface area contributed by atoms with Gasteiger partial charge in [0.2, 0.25) is 0 Å². The molecule has 0 spiro atoms. The Balaban J connectivity index is 1.67.